The highest BCUT2D eigenvalue weighted by Crippen LogP contribution is 2.19. The molecule has 0 bridgehead atoms. The summed E-state index contributed by atoms with van der Waals surface area (Å²) in [4.78, 5) is 40.0. The number of esters is 1. The number of benzene rings is 1. The van der Waals surface area contributed by atoms with Crippen LogP contribution in [0.25, 0.3) is 10.9 Å². The summed E-state index contributed by atoms with van der Waals surface area (Å²) in [5.74, 6) is 0.282. The fraction of sp³-hybridized carbons (Fsp3) is 0.350. The number of carbonyl (C=O) groups excluding carboxylic acids is 1. The first-order valence-corrected chi connectivity index (χ1v) is 9.14. The Morgan fingerprint density at radius 3 is 2.64 bits per heavy atom. The molecule has 28 heavy (non-hydrogen) atoms. The number of hydrogen-bond acceptors (Lipinski definition) is 7. The maximum atomic E-state index is 12.4. The number of aryl methyl sites for hydroxylation is 3. The first kappa shape index (κ1) is 19.5. The van der Waals surface area contributed by atoms with Gasteiger partial charge in [-0.2, -0.15) is 0 Å². The number of aromatic nitrogens is 4. The van der Waals surface area contributed by atoms with Gasteiger partial charge in [-0.25, -0.2) is 15.0 Å². The Morgan fingerprint density at radius 1 is 1.14 bits per heavy atom. The quantitative estimate of drug-likeness (QED) is 0.632. The molecule has 0 unspecified atom stereocenters. The highest BCUT2D eigenvalue weighted by atomic mass is 16.5. The van der Waals surface area contributed by atoms with Crippen LogP contribution in [0.1, 0.15) is 35.9 Å². The molecule has 0 aliphatic rings. The molecule has 0 fully saturated rings. The number of hydrogen-bond donors (Lipinski definition) is 2. The van der Waals surface area contributed by atoms with E-state index in [4.69, 9.17) is 4.74 Å². The largest absolute Gasteiger partial charge is 0.466 e. The number of H-pyrrole nitrogens is 1. The van der Waals surface area contributed by atoms with Crippen molar-refractivity contribution in [2.45, 2.75) is 40.5 Å². The molecule has 8 heteroatoms. The third kappa shape index (κ3) is 4.33. The molecular formula is C20H23N5O3. The van der Waals surface area contributed by atoms with Gasteiger partial charge >= 0.3 is 5.97 Å². The minimum atomic E-state index is -0.334. The lowest BCUT2D eigenvalue weighted by Gasteiger charge is -2.10. The molecule has 8 nitrogen and oxygen atoms in total. The maximum Gasteiger partial charge on any atom is 0.306 e. The van der Waals surface area contributed by atoms with E-state index in [-0.39, 0.29) is 30.3 Å². The van der Waals surface area contributed by atoms with E-state index in [1.807, 2.05) is 32.0 Å². The molecule has 0 amide bonds. The van der Waals surface area contributed by atoms with E-state index in [9.17, 15) is 9.59 Å². The number of carbonyl (C=O) groups is 1. The van der Waals surface area contributed by atoms with E-state index in [1.54, 1.807) is 13.8 Å². The summed E-state index contributed by atoms with van der Waals surface area (Å²) in [5, 5.41) is 3.94. The fourth-order valence-corrected chi connectivity index (χ4v) is 2.98. The van der Waals surface area contributed by atoms with Crippen LogP contribution in [0.4, 0.5) is 11.9 Å². The van der Waals surface area contributed by atoms with Crippen LogP contribution in [-0.4, -0.2) is 32.5 Å². The minimum Gasteiger partial charge on any atom is -0.466 e. The topological polar surface area (TPSA) is 110 Å². The van der Waals surface area contributed by atoms with Crippen LogP contribution in [-0.2, 0) is 16.0 Å². The fourth-order valence-electron chi connectivity index (χ4n) is 2.98. The van der Waals surface area contributed by atoms with Gasteiger partial charge in [0.05, 0.1) is 17.8 Å². The molecule has 0 radical (unpaired) electrons. The number of rotatable bonds is 6. The van der Waals surface area contributed by atoms with Gasteiger partial charge in [0.25, 0.3) is 5.56 Å². The van der Waals surface area contributed by atoms with Crippen LogP contribution < -0.4 is 10.9 Å². The van der Waals surface area contributed by atoms with Gasteiger partial charge in [0.2, 0.25) is 11.9 Å². The molecule has 146 valence electrons. The van der Waals surface area contributed by atoms with Gasteiger partial charge in [0.1, 0.15) is 0 Å². The third-order valence-corrected chi connectivity index (χ3v) is 4.38. The molecule has 0 atom stereocenters. The zero-order chi connectivity index (χ0) is 20.3. The Bertz CT molecular complexity index is 1090. The van der Waals surface area contributed by atoms with Crippen LogP contribution in [0, 0.1) is 20.8 Å². The summed E-state index contributed by atoms with van der Waals surface area (Å²) >= 11 is 0. The second-order valence-electron chi connectivity index (χ2n) is 6.56. The summed E-state index contributed by atoms with van der Waals surface area (Å²) in [6, 6.07) is 5.99. The first-order chi connectivity index (χ1) is 13.4. The Morgan fingerprint density at radius 2 is 1.93 bits per heavy atom. The number of aromatic amines is 1. The van der Waals surface area contributed by atoms with Gasteiger partial charge < -0.3 is 4.74 Å². The van der Waals surface area contributed by atoms with Crippen molar-refractivity contribution < 1.29 is 9.53 Å². The molecular weight excluding hydrogens is 358 g/mol. The SMILES string of the molecule is CCOC(=O)CCc1c(C)nc(Nc2nc(C)c3ccc(C)cc3n2)[nH]c1=O. The molecule has 0 spiro atoms. The third-order valence-electron chi connectivity index (χ3n) is 4.38. The van der Waals surface area contributed by atoms with Crippen molar-refractivity contribution in [3.05, 3.63) is 51.1 Å². The molecule has 3 aromatic rings. The van der Waals surface area contributed by atoms with E-state index in [0.717, 1.165) is 22.2 Å². The number of anilines is 2. The summed E-state index contributed by atoms with van der Waals surface area (Å²) in [6.07, 6.45) is 0.413. The Hall–Kier alpha value is -3.29. The summed E-state index contributed by atoms with van der Waals surface area (Å²) in [7, 11) is 0. The van der Waals surface area contributed by atoms with Gasteiger partial charge in [-0.3, -0.25) is 19.9 Å². The zero-order valence-electron chi connectivity index (χ0n) is 16.4. The summed E-state index contributed by atoms with van der Waals surface area (Å²) in [6.45, 7) is 7.71. The predicted molar refractivity (Wildman–Crippen MR) is 107 cm³/mol. The standard InChI is InChI=1S/C20H23N5O3/c1-5-28-17(26)9-8-15-13(4)22-20(24-18(15)27)25-19-21-12(3)14-7-6-11(2)10-16(14)23-19/h6-7,10H,5,8-9H2,1-4H3,(H2,21,22,23,24,25,27). The van der Waals surface area contributed by atoms with Gasteiger partial charge in [0.15, 0.2) is 0 Å². The molecule has 2 N–H and O–H groups in total. The maximum absolute atomic E-state index is 12.4. The average Bonchev–Trinajstić information content (AvgIpc) is 2.60. The average molecular weight is 381 g/mol. The number of ether oxygens (including phenoxy) is 1. The van der Waals surface area contributed by atoms with E-state index in [0.29, 0.717) is 23.8 Å². The van der Waals surface area contributed by atoms with Crippen molar-refractivity contribution in [3.8, 4) is 0 Å². The van der Waals surface area contributed by atoms with Gasteiger partial charge in [-0.05, 0) is 45.7 Å². The lowest BCUT2D eigenvalue weighted by Crippen LogP contribution is -2.20. The number of nitrogens with zero attached hydrogens (tertiary/aromatic N) is 3. The second-order valence-corrected chi connectivity index (χ2v) is 6.56. The molecule has 0 saturated heterocycles. The highest BCUT2D eigenvalue weighted by molar-refractivity contribution is 5.82. The lowest BCUT2D eigenvalue weighted by molar-refractivity contribution is -0.143. The molecule has 2 heterocycles. The molecule has 0 aliphatic carbocycles. The van der Waals surface area contributed by atoms with Crippen LogP contribution >= 0.6 is 0 Å². The van der Waals surface area contributed by atoms with Crippen molar-refractivity contribution in [3.63, 3.8) is 0 Å². The smallest absolute Gasteiger partial charge is 0.306 e. The Balaban J connectivity index is 1.84. The Labute approximate surface area is 162 Å². The minimum absolute atomic E-state index is 0.137. The number of nitrogens with one attached hydrogen (secondary N) is 2. The van der Waals surface area contributed by atoms with E-state index >= 15 is 0 Å². The van der Waals surface area contributed by atoms with Gasteiger partial charge in [-0.1, -0.05) is 12.1 Å². The zero-order valence-corrected chi connectivity index (χ0v) is 16.4. The predicted octanol–water partition coefficient (Wildman–Crippen LogP) is 2.88. The van der Waals surface area contributed by atoms with Crippen LogP contribution in [0.5, 0.6) is 0 Å². The van der Waals surface area contributed by atoms with E-state index in [2.05, 4.69) is 25.3 Å². The summed E-state index contributed by atoms with van der Waals surface area (Å²) in [5.41, 5.74) is 3.46. The second kappa shape index (κ2) is 8.16. The highest BCUT2D eigenvalue weighted by Gasteiger charge is 2.12. The van der Waals surface area contributed by atoms with E-state index < -0.39 is 0 Å². The van der Waals surface area contributed by atoms with E-state index in [1.165, 1.54) is 0 Å². The van der Waals surface area contributed by atoms with Crippen molar-refractivity contribution in [2.24, 2.45) is 0 Å². The van der Waals surface area contributed by atoms with Gasteiger partial charge in [-0.15, -0.1) is 0 Å². The Kier molecular flexibility index (Phi) is 5.67. The monoisotopic (exact) mass is 381 g/mol. The molecule has 3 rings (SSSR count). The lowest BCUT2D eigenvalue weighted by atomic mass is 10.1. The van der Waals surface area contributed by atoms with Crippen molar-refractivity contribution in [2.75, 3.05) is 11.9 Å². The first-order valence-electron chi connectivity index (χ1n) is 9.14. The normalized spacial score (nSPS) is 10.9. The molecule has 2 aromatic heterocycles. The van der Waals surface area contributed by atoms with Crippen LogP contribution in [0.15, 0.2) is 23.0 Å². The van der Waals surface area contributed by atoms with Gasteiger partial charge in [0, 0.05) is 23.1 Å². The van der Waals surface area contributed by atoms with Crippen molar-refractivity contribution in [1.82, 2.24) is 19.9 Å². The number of fused-ring (bicyclic) bond motifs is 1. The van der Waals surface area contributed by atoms with Crippen LogP contribution in [0.2, 0.25) is 0 Å². The molecule has 0 saturated carbocycles. The van der Waals surface area contributed by atoms with Crippen molar-refractivity contribution >= 4 is 28.8 Å². The molecule has 0 aliphatic heterocycles. The summed E-state index contributed by atoms with van der Waals surface area (Å²) < 4.78 is 4.90. The molecule has 1 aromatic carbocycles. The van der Waals surface area contributed by atoms with Crippen molar-refractivity contribution in [1.29, 1.82) is 0 Å². The van der Waals surface area contributed by atoms with Crippen LogP contribution in [0.3, 0.4) is 0 Å².